The first-order valence-electron chi connectivity index (χ1n) is 12.1. The highest BCUT2D eigenvalue weighted by Gasteiger charge is 2.34. The van der Waals surface area contributed by atoms with Gasteiger partial charge in [-0.15, -0.1) is 0 Å². The molecule has 1 aromatic heterocycles. The molecule has 0 unspecified atom stereocenters. The number of hydrogen-bond donors (Lipinski definition) is 0. The van der Waals surface area contributed by atoms with Crippen molar-refractivity contribution >= 4 is 34.9 Å². The van der Waals surface area contributed by atoms with E-state index in [1.165, 1.54) is 32.7 Å². The van der Waals surface area contributed by atoms with Crippen LogP contribution in [-0.2, 0) is 4.79 Å². The molecule has 1 atom stereocenters. The van der Waals surface area contributed by atoms with E-state index in [4.69, 9.17) is 30.8 Å². The van der Waals surface area contributed by atoms with Gasteiger partial charge in [0, 0.05) is 18.1 Å². The Labute approximate surface area is 230 Å². The van der Waals surface area contributed by atoms with Gasteiger partial charge in [-0.05, 0) is 62.2 Å². The minimum Gasteiger partial charge on any atom is -0.493 e. The van der Waals surface area contributed by atoms with Crippen LogP contribution in [0.1, 0.15) is 37.9 Å². The minimum atomic E-state index is -0.640. The van der Waals surface area contributed by atoms with Gasteiger partial charge in [-0.25, -0.2) is 4.99 Å². The zero-order valence-electron chi connectivity index (χ0n) is 22.2. The normalized spacial score (nSPS) is 15.1. The van der Waals surface area contributed by atoms with Crippen molar-refractivity contribution in [3.05, 3.63) is 83.5 Å². The van der Waals surface area contributed by atoms with Crippen LogP contribution in [-0.4, -0.2) is 49.8 Å². The Balaban J connectivity index is 1.95. The summed E-state index contributed by atoms with van der Waals surface area (Å²) in [5.41, 5.74) is 2.28. The molecule has 0 N–H and O–H groups in total. The van der Waals surface area contributed by atoms with Gasteiger partial charge in [0.1, 0.15) is 0 Å². The number of likely N-dealkylation sites (N-methyl/N-ethyl adjacent to an activating group) is 1. The number of methoxy groups -OCH3 is 3. The number of fused-ring (bicyclic) bond motifs is 1. The van der Waals surface area contributed by atoms with E-state index in [1.807, 2.05) is 32.9 Å². The lowest BCUT2D eigenvalue weighted by Crippen LogP contribution is -2.43. The highest BCUT2D eigenvalue weighted by Crippen LogP contribution is 2.38. The fraction of sp³-hybridized carbons (Fsp3) is 0.321. The van der Waals surface area contributed by atoms with Crippen LogP contribution >= 0.6 is 22.9 Å². The van der Waals surface area contributed by atoms with Gasteiger partial charge in [0.2, 0.25) is 5.75 Å². The third-order valence-corrected chi connectivity index (χ3v) is 7.71. The van der Waals surface area contributed by atoms with E-state index < -0.39 is 6.04 Å². The van der Waals surface area contributed by atoms with E-state index in [0.717, 1.165) is 5.56 Å². The Hall–Kier alpha value is -3.56. The first-order valence-corrected chi connectivity index (χ1v) is 13.3. The van der Waals surface area contributed by atoms with Crippen molar-refractivity contribution in [2.75, 3.05) is 34.4 Å². The quantitative estimate of drug-likeness (QED) is 0.422. The van der Waals surface area contributed by atoms with Gasteiger partial charge in [-0.2, -0.15) is 0 Å². The van der Waals surface area contributed by atoms with Crippen molar-refractivity contribution in [1.29, 1.82) is 0 Å². The number of benzene rings is 2. The predicted octanol–water partition coefficient (Wildman–Crippen LogP) is 3.78. The number of nitrogens with zero attached hydrogens (tertiary/aromatic N) is 3. The Morgan fingerprint density at radius 1 is 1.08 bits per heavy atom. The minimum absolute atomic E-state index is 0.143. The first kappa shape index (κ1) is 27.5. The van der Waals surface area contributed by atoms with Crippen LogP contribution in [0.25, 0.3) is 6.08 Å². The predicted molar refractivity (Wildman–Crippen MR) is 149 cm³/mol. The Morgan fingerprint density at radius 3 is 2.21 bits per heavy atom. The molecule has 4 rings (SSSR count). The SMILES string of the molecule is CCN(CC)C(=O)C1=C(C)N=c2s/c(=C/c3cc(OC)c(OC)c(OC)c3)c(=O)n2[C@@H]1c1ccc(Cl)cc1. The number of aromatic nitrogens is 1. The molecule has 1 aliphatic heterocycles. The number of allylic oxidation sites excluding steroid dienone is 1. The van der Waals surface area contributed by atoms with Crippen LogP contribution in [0.2, 0.25) is 5.02 Å². The summed E-state index contributed by atoms with van der Waals surface area (Å²) in [4.78, 5) is 34.5. The average molecular weight is 556 g/mol. The summed E-state index contributed by atoms with van der Waals surface area (Å²) in [6.45, 7) is 6.77. The molecule has 200 valence electrons. The molecule has 0 saturated carbocycles. The molecule has 1 amide bonds. The second-order valence-electron chi connectivity index (χ2n) is 8.57. The fourth-order valence-corrected chi connectivity index (χ4v) is 5.75. The van der Waals surface area contributed by atoms with Crippen LogP contribution < -0.4 is 29.1 Å². The van der Waals surface area contributed by atoms with Crippen molar-refractivity contribution in [2.45, 2.75) is 26.8 Å². The average Bonchev–Trinajstić information content (AvgIpc) is 3.22. The van der Waals surface area contributed by atoms with E-state index in [0.29, 0.717) is 61.5 Å². The number of rotatable bonds is 8. The van der Waals surface area contributed by atoms with E-state index in [2.05, 4.69) is 0 Å². The highest BCUT2D eigenvalue weighted by molar-refractivity contribution is 7.07. The summed E-state index contributed by atoms with van der Waals surface area (Å²) in [7, 11) is 4.62. The Bertz CT molecular complexity index is 1540. The largest absolute Gasteiger partial charge is 0.493 e. The van der Waals surface area contributed by atoms with Crippen molar-refractivity contribution in [3.63, 3.8) is 0 Å². The lowest BCUT2D eigenvalue weighted by molar-refractivity contribution is -0.127. The second kappa shape index (κ2) is 11.4. The monoisotopic (exact) mass is 555 g/mol. The van der Waals surface area contributed by atoms with Gasteiger partial charge in [0.05, 0.1) is 43.2 Å². The molecule has 0 radical (unpaired) electrons. The third-order valence-electron chi connectivity index (χ3n) is 6.47. The molecular formula is C28H30ClN3O5S. The number of ether oxygens (including phenoxy) is 3. The number of thiazole rings is 1. The number of amides is 1. The van der Waals surface area contributed by atoms with E-state index in [-0.39, 0.29) is 11.5 Å². The molecule has 8 nitrogen and oxygen atoms in total. The Morgan fingerprint density at radius 2 is 1.68 bits per heavy atom. The summed E-state index contributed by atoms with van der Waals surface area (Å²) in [5, 5.41) is 0.570. The van der Waals surface area contributed by atoms with Crippen LogP contribution in [0, 0.1) is 0 Å². The molecular weight excluding hydrogens is 526 g/mol. The number of halogens is 1. The van der Waals surface area contributed by atoms with Gasteiger partial charge < -0.3 is 19.1 Å². The van der Waals surface area contributed by atoms with Crippen molar-refractivity contribution in [2.24, 2.45) is 4.99 Å². The van der Waals surface area contributed by atoms with Gasteiger partial charge in [-0.3, -0.25) is 14.2 Å². The van der Waals surface area contributed by atoms with E-state index in [1.54, 1.807) is 39.8 Å². The number of carbonyl (C=O) groups is 1. The third kappa shape index (κ3) is 4.96. The summed E-state index contributed by atoms with van der Waals surface area (Å²) in [6.07, 6.45) is 1.76. The number of carbonyl (C=O) groups excluding carboxylic acids is 1. The summed E-state index contributed by atoms with van der Waals surface area (Å²) in [6, 6.07) is 10.1. The smallest absolute Gasteiger partial charge is 0.271 e. The van der Waals surface area contributed by atoms with Crippen molar-refractivity contribution in [1.82, 2.24) is 9.47 Å². The maximum Gasteiger partial charge on any atom is 0.271 e. The molecule has 2 heterocycles. The van der Waals surface area contributed by atoms with Crippen molar-refractivity contribution in [3.8, 4) is 17.2 Å². The standard InChI is InChI=1S/C28H30ClN3O5S/c1-7-31(8-2)27(34)23-16(3)30-28-32(24(23)18-9-11-19(29)12-10-18)26(33)22(38-28)15-17-13-20(35-4)25(37-6)21(14-17)36-5/h9-15,24H,7-8H2,1-6H3/b22-15+/t24-/m1/s1. The van der Waals surface area contributed by atoms with Gasteiger partial charge in [0.15, 0.2) is 16.3 Å². The maximum atomic E-state index is 13.9. The van der Waals surface area contributed by atoms with Gasteiger partial charge >= 0.3 is 0 Å². The first-order chi connectivity index (χ1) is 18.3. The fourth-order valence-electron chi connectivity index (χ4n) is 4.57. The molecule has 0 aliphatic carbocycles. The molecule has 0 saturated heterocycles. The Kier molecular flexibility index (Phi) is 8.28. The summed E-state index contributed by atoms with van der Waals surface area (Å²) < 4.78 is 18.4. The van der Waals surface area contributed by atoms with Crippen LogP contribution in [0.5, 0.6) is 17.2 Å². The zero-order valence-corrected chi connectivity index (χ0v) is 23.8. The van der Waals surface area contributed by atoms with Crippen molar-refractivity contribution < 1.29 is 19.0 Å². The molecule has 0 spiro atoms. The van der Waals surface area contributed by atoms with Crippen LogP contribution in [0.3, 0.4) is 0 Å². The van der Waals surface area contributed by atoms with E-state index >= 15 is 0 Å². The maximum absolute atomic E-state index is 13.9. The molecule has 2 aromatic carbocycles. The molecule has 0 fully saturated rings. The van der Waals surface area contributed by atoms with Gasteiger partial charge in [-0.1, -0.05) is 35.1 Å². The zero-order chi connectivity index (χ0) is 27.6. The topological polar surface area (TPSA) is 82.4 Å². The molecule has 38 heavy (non-hydrogen) atoms. The highest BCUT2D eigenvalue weighted by atomic mass is 35.5. The summed E-state index contributed by atoms with van der Waals surface area (Å²) in [5.74, 6) is 1.28. The molecule has 1 aliphatic rings. The molecule has 10 heteroatoms. The molecule has 0 bridgehead atoms. The summed E-state index contributed by atoms with van der Waals surface area (Å²) >= 11 is 7.43. The van der Waals surface area contributed by atoms with E-state index in [9.17, 15) is 9.59 Å². The second-order valence-corrected chi connectivity index (χ2v) is 10.0. The number of hydrogen-bond acceptors (Lipinski definition) is 7. The van der Waals surface area contributed by atoms with Gasteiger partial charge in [0.25, 0.3) is 11.5 Å². The lowest BCUT2D eigenvalue weighted by Gasteiger charge is -2.29. The molecule has 3 aromatic rings. The lowest BCUT2D eigenvalue weighted by atomic mass is 9.94. The van der Waals surface area contributed by atoms with Crippen LogP contribution in [0.15, 0.2) is 57.5 Å². The van der Waals surface area contributed by atoms with Crippen LogP contribution in [0.4, 0.5) is 0 Å².